The largest absolute Gasteiger partial charge is 0.337 e. The van der Waals surface area contributed by atoms with Crippen molar-refractivity contribution in [3.63, 3.8) is 0 Å². The van der Waals surface area contributed by atoms with E-state index in [-0.39, 0.29) is 28.2 Å². The Hall–Kier alpha value is -2.92. The molecule has 1 N–H and O–H groups in total. The summed E-state index contributed by atoms with van der Waals surface area (Å²) in [6.45, 7) is 0.783. The smallest absolute Gasteiger partial charge is 0.274 e. The van der Waals surface area contributed by atoms with Crippen molar-refractivity contribution < 1.29 is 18.1 Å². The average molecular weight is 391 g/mol. The van der Waals surface area contributed by atoms with Crippen molar-refractivity contribution >= 4 is 21.6 Å². The number of non-ortho nitro benzene ring substituents is 1. The third-order valence-electron chi connectivity index (χ3n) is 4.24. The third-order valence-corrected chi connectivity index (χ3v) is 5.78. The van der Waals surface area contributed by atoms with E-state index >= 15 is 0 Å². The van der Waals surface area contributed by atoms with Crippen LogP contribution in [0.25, 0.3) is 0 Å². The first-order valence-corrected chi connectivity index (χ1v) is 9.67. The fourth-order valence-corrected chi connectivity index (χ4v) is 4.11. The number of nitro benzene ring substituents is 1. The molecule has 3 rings (SSSR count). The maximum absolute atomic E-state index is 12.4. The first-order valence-electron chi connectivity index (χ1n) is 8.19. The van der Waals surface area contributed by atoms with Crippen LogP contribution in [0.3, 0.4) is 0 Å². The summed E-state index contributed by atoms with van der Waals surface area (Å²) in [4.78, 5) is 31.8. The molecule has 142 valence electrons. The maximum atomic E-state index is 12.4. The van der Waals surface area contributed by atoms with Gasteiger partial charge in [-0.15, -0.1) is 0 Å². The van der Waals surface area contributed by atoms with Crippen LogP contribution in [-0.4, -0.2) is 53.2 Å². The van der Waals surface area contributed by atoms with Gasteiger partial charge in [-0.05, 0) is 25.0 Å². The number of hydrogen-bond donors (Lipinski definition) is 1. The predicted molar refractivity (Wildman–Crippen MR) is 94.4 cm³/mol. The predicted octanol–water partition coefficient (Wildman–Crippen LogP) is 0.968. The number of likely N-dealkylation sites (tertiary alicyclic amines) is 1. The van der Waals surface area contributed by atoms with Crippen LogP contribution in [0.2, 0.25) is 0 Å². The lowest BCUT2D eigenvalue weighted by atomic mass is 10.1. The lowest BCUT2D eigenvalue weighted by Gasteiger charge is -2.32. The molecule has 1 aromatic heterocycles. The van der Waals surface area contributed by atoms with E-state index < -0.39 is 14.9 Å². The zero-order valence-corrected chi connectivity index (χ0v) is 15.0. The van der Waals surface area contributed by atoms with Crippen LogP contribution in [0.1, 0.15) is 23.3 Å². The van der Waals surface area contributed by atoms with Crippen molar-refractivity contribution in [3.05, 3.63) is 58.7 Å². The molecule has 1 aromatic carbocycles. The Bertz CT molecular complexity index is 925. The number of hydrogen-bond acceptors (Lipinski definition) is 7. The van der Waals surface area contributed by atoms with Gasteiger partial charge in [-0.1, -0.05) is 0 Å². The third kappa shape index (κ3) is 4.44. The van der Waals surface area contributed by atoms with E-state index in [0.29, 0.717) is 25.9 Å². The summed E-state index contributed by atoms with van der Waals surface area (Å²) >= 11 is 0. The van der Waals surface area contributed by atoms with E-state index in [1.165, 1.54) is 30.7 Å². The summed E-state index contributed by atoms with van der Waals surface area (Å²) in [5.41, 5.74) is 0.0761. The number of aromatic nitrogens is 2. The van der Waals surface area contributed by atoms with Crippen LogP contribution in [0.4, 0.5) is 5.69 Å². The van der Waals surface area contributed by atoms with Gasteiger partial charge in [-0.3, -0.25) is 19.9 Å². The van der Waals surface area contributed by atoms with Crippen LogP contribution < -0.4 is 4.72 Å². The minimum Gasteiger partial charge on any atom is -0.337 e. The summed E-state index contributed by atoms with van der Waals surface area (Å²) in [5.74, 6) is -0.236. The molecule has 0 spiro atoms. The molecule has 0 radical (unpaired) electrons. The number of piperidine rings is 1. The van der Waals surface area contributed by atoms with Gasteiger partial charge in [0.15, 0.2) is 0 Å². The molecule has 1 saturated heterocycles. The van der Waals surface area contributed by atoms with Crippen molar-refractivity contribution in [2.24, 2.45) is 0 Å². The van der Waals surface area contributed by atoms with E-state index in [9.17, 15) is 23.3 Å². The van der Waals surface area contributed by atoms with Gasteiger partial charge < -0.3 is 4.90 Å². The Morgan fingerprint density at radius 3 is 2.41 bits per heavy atom. The topological polar surface area (TPSA) is 135 Å². The van der Waals surface area contributed by atoms with Crippen molar-refractivity contribution in [1.29, 1.82) is 0 Å². The number of carbonyl (C=O) groups is 1. The van der Waals surface area contributed by atoms with Gasteiger partial charge in [0, 0.05) is 43.7 Å². The van der Waals surface area contributed by atoms with Crippen LogP contribution in [-0.2, 0) is 10.0 Å². The van der Waals surface area contributed by atoms with E-state index in [0.717, 1.165) is 12.1 Å². The lowest BCUT2D eigenvalue weighted by molar-refractivity contribution is -0.384. The molecule has 1 aliphatic rings. The van der Waals surface area contributed by atoms with Crippen LogP contribution in [0.15, 0.2) is 47.8 Å². The normalized spacial score (nSPS) is 15.5. The molecular formula is C16H17N5O5S. The quantitative estimate of drug-likeness (QED) is 0.592. The van der Waals surface area contributed by atoms with Gasteiger partial charge in [-0.25, -0.2) is 18.1 Å². The number of carbonyl (C=O) groups excluding carboxylic acids is 1. The number of benzene rings is 1. The number of sulfonamides is 1. The molecule has 0 aliphatic carbocycles. The summed E-state index contributed by atoms with van der Waals surface area (Å²) in [6.07, 6.45) is 5.23. The molecule has 27 heavy (non-hydrogen) atoms. The van der Waals surface area contributed by atoms with Crippen molar-refractivity contribution in [2.75, 3.05) is 13.1 Å². The number of amides is 1. The van der Waals surface area contributed by atoms with Crippen molar-refractivity contribution in [1.82, 2.24) is 19.6 Å². The fraction of sp³-hybridized carbons (Fsp3) is 0.312. The molecular weight excluding hydrogens is 374 g/mol. The molecule has 2 heterocycles. The Morgan fingerprint density at radius 1 is 1.19 bits per heavy atom. The first kappa shape index (κ1) is 18.9. The SMILES string of the molecule is O=C(c1cnccn1)N1CCC(NS(=O)(=O)c2ccc([N+](=O)[O-])cc2)CC1. The van der Waals surface area contributed by atoms with Gasteiger partial charge in [0.1, 0.15) is 5.69 Å². The Morgan fingerprint density at radius 2 is 1.85 bits per heavy atom. The van der Waals surface area contributed by atoms with Gasteiger partial charge >= 0.3 is 0 Å². The maximum Gasteiger partial charge on any atom is 0.274 e. The summed E-state index contributed by atoms with van der Waals surface area (Å²) in [6, 6.07) is 4.38. The van der Waals surface area contributed by atoms with E-state index in [1.807, 2.05) is 0 Å². The molecule has 0 saturated carbocycles. The van der Waals surface area contributed by atoms with E-state index in [4.69, 9.17) is 0 Å². The van der Waals surface area contributed by atoms with Crippen LogP contribution in [0, 0.1) is 10.1 Å². The zero-order chi connectivity index (χ0) is 19.4. The average Bonchev–Trinajstić information content (AvgIpc) is 2.68. The Labute approximate surface area is 155 Å². The number of rotatable bonds is 5. The lowest BCUT2D eigenvalue weighted by Crippen LogP contribution is -2.46. The van der Waals surface area contributed by atoms with Gasteiger partial charge in [0.2, 0.25) is 10.0 Å². The minimum atomic E-state index is -3.79. The second kappa shape index (κ2) is 7.76. The molecule has 1 fully saturated rings. The molecule has 2 aromatic rings. The molecule has 0 unspecified atom stereocenters. The molecule has 1 amide bonds. The zero-order valence-electron chi connectivity index (χ0n) is 14.2. The molecule has 11 heteroatoms. The molecule has 10 nitrogen and oxygen atoms in total. The van der Waals surface area contributed by atoms with Gasteiger partial charge in [0.05, 0.1) is 16.0 Å². The number of nitrogens with zero attached hydrogens (tertiary/aromatic N) is 4. The Balaban J connectivity index is 1.59. The molecule has 0 bridgehead atoms. The highest BCUT2D eigenvalue weighted by Gasteiger charge is 2.27. The highest BCUT2D eigenvalue weighted by atomic mass is 32.2. The number of nitro groups is 1. The summed E-state index contributed by atoms with van der Waals surface area (Å²) in [5, 5.41) is 10.7. The summed E-state index contributed by atoms with van der Waals surface area (Å²) in [7, 11) is -3.79. The fourth-order valence-electron chi connectivity index (χ4n) is 2.81. The van der Waals surface area contributed by atoms with Crippen molar-refractivity contribution in [3.8, 4) is 0 Å². The number of nitrogens with one attached hydrogen (secondary N) is 1. The Kier molecular flexibility index (Phi) is 5.42. The van der Waals surface area contributed by atoms with Gasteiger partial charge in [-0.2, -0.15) is 0 Å². The van der Waals surface area contributed by atoms with E-state index in [1.54, 1.807) is 4.90 Å². The molecule has 0 atom stereocenters. The standard InChI is InChI=1S/C16H17N5O5S/c22-16(15-11-17-7-8-18-15)20-9-5-12(6-10-20)19-27(25,26)14-3-1-13(2-4-14)21(23)24/h1-4,7-8,11-12,19H,5-6,9-10H2. The van der Waals surface area contributed by atoms with Crippen molar-refractivity contribution in [2.45, 2.75) is 23.8 Å². The highest BCUT2D eigenvalue weighted by Crippen LogP contribution is 2.19. The second-order valence-electron chi connectivity index (χ2n) is 6.03. The van der Waals surface area contributed by atoms with Crippen LogP contribution >= 0.6 is 0 Å². The van der Waals surface area contributed by atoms with Gasteiger partial charge in [0.25, 0.3) is 11.6 Å². The van der Waals surface area contributed by atoms with Crippen LogP contribution in [0.5, 0.6) is 0 Å². The summed E-state index contributed by atoms with van der Waals surface area (Å²) < 4.78 is 27.5. The first-order chi connectivity index (χ1) is 12.9. The minimum absolute atomic E-state index is 0.0360. The molecule has 1 aliphatic heterocycles. The second-order valence-corrected chi connectivity index (χ2v) is 7.74. The monoisotopic (exact) mass is 391 g/mol. The van der Waals surface area contributed by atoms with E-state index in [2.05, 4.69) is 14.7 Å². The highest BCUT2D eigenvalue weighted by molar-refractivity contribution is 7.89.